The lowest BCUT2D eigenvalue weighted by molar-refractivity contribution is 0.460. The van der Waals surface area contributed by atoms with Crippen LogP contribution in [0.2, 0.25) is 0 Å². The minimum atomic E-state index is -3.89. The summed E-state index contributed by atoms with van der Waals surface area (Å²) in [6.45, 7) is 0. The molecule has 0 radical (unpaired) electrons. The Labute approximate surface area is 93.1 Å². The molecule has 0 heterocycles. The molecule has 78 valence electrons. The first-order chi connectivity index (χ1) is 6.31. The molecule has 0 aliphatic heterocycles. The molecule has 0 aromatic heterocycles. The van der Waals surface area contributed by atoms with Gasteiger partial charge < -0.3 is 5.11 Å². The maximum atomic E-state index is 13.3. The van der Waals surface area contributed by atoms with Gasteiger partial charge in [-0.05, 0) is 28.1 Å². The van der Waals surface area contributed by atoms with Crippen LogP contribution in [0.3, 0.4) is 0 Å². The molecule has 1 rings (SSSR count). The average molecular weight is 304 g/mol. The SMILES string of the molecule is O=S(=O)(Cl)Cc1c(O)ccc(Br)c1F. The molecule has 0 unspecified atom stereocenters. The van der Waals surface area contributed by atoms with Gasteiger partial charge in [-0.15, -0.1) is 0 Å². The Morgan fingerprint density at radius 3 is 2.57 bits per heavy atom. The molecule has 1 aromatic carbocycles. The predicted molar refractivity (Wildman–Crippen MR) is 54.2 cm³/mol. The molecule has 0 saturated heterocycles. The lowest BCUT2D eigenvalue weighted by atomic mass is 10.2. The minimum absolute atomic E-state index is 0.0746. The van der Waals surface area contributed by atoms with Crippen molar-refractivity contribution in [3.63, 3.8) is 0 Å². The predicted octanol–water partition coefficient (Wildman–Crippen LogP) is 2.36. The van der Waals surface area contributed by atoms with E-state index in [0.29, 0.717) is 0 Å². The van der Waals surface area contributed by atoms with Crippen molar-refractivity contribution < 1.29 is 17.9 Å². The minimum Gasteiger partial charge on any atom is -0.508 e. The van der Waals surface area contributed by atoms with E-state index in [0.717, 1.165) is 0 Å². The normalized spacial score (nSPS) is 11.6. The van der Waals surface area contributed by atoms with Gasteiger partial charge in [0, 0.05) is 16.2 Å². The second-order valence-corrected chi connectivity index (χ2v) is 6.17. The molecule has 3 nitrogen and oxygen atoms in total. The molecule has 0 aliphatic carbocycles. The summed E-state index contributed by atoms with van der Waals surface area (Å²) >= 11 is 2.86. The molecule has 0 amide bonds. The summed E-state index contributed by atoms with van der Waals surface area (Å²) < 4.78 is 34.7. The number of aromatic hydroxyl groups is 1. The highest BCUT2D eigenvalue weighted by Gasteiger charge is 2.17. The maximum absolute atomic E-state index is 13.3. The summed E-state index contributed by atoms with van der Waals surface area (Å²) in [5.74, 6) is -2.00. The first kappa shape index (κ1) is 11.7. The van der Waals surface area contributed by atoms with Crippen molar-refractivity contribution in [3.8, 4) is 5.75 Å². The number of rotatable bonds is 2. The highest BCUT2D eigenvalue weighted by Crippen LogP contribution is 2.28. The monoisotopic (exact) mass is 302 g/mol. The van der Waals surface area contributed by atoms with Crippen LogP contribution in [0.4, 0.5) is 4.39 Å². The fourth-order valence-electron chi connectivity index (χ4n) is 0.892. The average Bonchev–Trinajstić information content (AvgIpc) is 2.04. The van der Waals surface area contributed by atoms with Crippen molar-refractivity contribution in [2.75, 3.05) is 0 Å². The van der Waals surface area contributed by atoms with E-state index in [9.17, 15) is 17.9 Å². The summed E-state index contributed by atoms with van der Waals surface area (Å²) in [4.78, 5) is 0. The van der Waals surface area contributed by atoms with Crippen molar-refractivity contribution in [1.82, 2.24) is 0 Å². The highest BCUT2D eigenvalue weighted by atomic mass is 79.9. The van der Waals surface area contributed by atoms with E-state index >= 15 is 0 Å². The van der Waals surface area contributed by atoms with Crippen LogP contribution in [-0.4, -0.2) is 13.5 Å². The molecular weight excluding hydrogens is 298 g/mol. The molecule has 0 aliphatic rings. The molecule has 0 bridgehead atoms. The van der Waals surface area contributed by atoms with Crippen LogP contribution in [0.25, 0.3) is 0 Å². The zero-order valence-corrected chi connectivity index (χ0v) is 9.83. The third kappa shape index (κ3) is 2.83. The number of benzene rings is 1. The molecule has 7 heteroatoms. The van der Waals surface area contributed by atoms with Gasteiger partial charge in [0.25, 0.3) is 0 Å². The summed E-state index contributed by atoms with van der Waals surface area (Å²) in [6.07, 6.45) is 0. The van der Waals surface area contributed by atoms with Crippen LogP contribution >= 0.6 is 26.6 Å². The third-order valence-electron chi connectivity index (χ3n) is 1.49. The molecule has 0 saturated carbocycles. The van der Waals surface area contributed by atoms with Gasteiger partial charge in [0.2, 0.25) is 9.05 Å². The van der Waals surface area contributed by atoms with Crippen LogP contribution in [-0.2, 0) is 14.8 Å². The van der Waals surface area contributed by atoms with Crippen molar-refractivity contribution in [1.29, 1.82) is 0 Å². The second kappa shape index (κ2) is 4.04. The van der Waals surface area contributed by atoms with E-state index in [2.05, 4.69) is 15.9 Å². The van der Waals surface area contributed by atoms with Crippen molar-refractivity contribution in [3.05, 3.63) is 28.0 Å². The van der Waals surface area contributed by atoms with E-state index in [1.165, 1.54) is 12.1 Å². The van der Waals surface area contributed by atoms with Crippen molar-refractivity contribution in [2.45, 2.75) is 5.75 Å². The van der Waals surface area contributed by atoms with Crippen molar-refractivity contribution >= 4 is 35.7 Å². The van der Waals surface area contributed by atoms with Gasteiger partial charge in [-0.2, -0.15) is 0 Å². The molecule has 0 spiro atoms. The van der Waals surface area contributed by atoms with E-state index in [1.807, 2.05) is 0 Å². The fourth-order valence-corrected chi connectivity index (χ4v) is 2.21. The zero-order valence-electron chi connectivity index (χ0n) is 6.67. The van der Waals surface area contributed by atoms with Crippen LogP contribution in [0, 0.1) is 5.82 Å². The van der Waals surface area contributed by atoms with Gasteiger partial charge in [-0.1, -0.05) is 0 Å². The number of phenolic OH excluding ortho intramolecular Hbond substituents is 1. The Hall–Kier alpha value is -0.330. The smallest absolute Gasteiger partial charge is 0.237 e. The molecular formula is C7H5BrClFO3S. The molecule has 14 heavy (non-hydrogen) atoms. The number of hydrogen-bond donors (Lipinski definition) is 1. The summed E-state index contributed by atoms with van der Waals surface area (Å²) in [5, 5.41) is 9.20. The summed E-state index contributed by atoms with van der Waals surface area (Å²) in [7, 11) is 1.06. The van der Waals surface area contributed by atoms with Crippen molar-refractivity contribution in [2.24, 2.45) is 0 Å². The first-order valence-electron chi connectivity index (χ1n) is 3.39. The van der Waals surface area contributed by atoms with Gasteiger partial charge in [-0.3, -0.25) is 0 Å². The number of halogens is 3. The van der Waals surface area contributed by atoms with Gasteiger partial charge in [-0.25, -0.2) is 12.8 Å². The molecule has 1 N–H and O–H groups in total. The Balaban J connectivity index is 3.27. The Morgan fingerprint density at radius 2 is 2.07 bits per heavy atom. The molecule has 0 atom stereocenters. The van der Waals surface area contributed by atoms with Crippen LogP contribution in [0.1, 0.15) is 5.56 Å². The Bertz CT molecular complexity index is 460. The third-order valence-corrected chi connectivity index (χ3v) is 3.06. The lowest BCUT2D eigenvalue weighted by Gasteiger charge is -2.04. The summed E-state index contributed by atoms with van der Waals surface area (Å²) in [6, 6.07) is 2.46. The Morgan fingerprint density at radius 1 is 1.50 bits per heavy atom. The maximum Gasteiger partial charge on any atom is 0.237 e. The second-order valence-electron chi connectivity index (χ2n) is 2.54. The summed E-state index contributed by atoms with van der Waals surface area (Å²) in [5.41, 5.74) is -0.339. The standard InChI is InChI=1S/C7H5BrClFO3S/c8-5-1-2-6(11)4(7(5)10)3-14(9,12)13/h1-2,11H,3H2. The number of hydrogen-bond acceptors (Lipinski definition) is 3. The Kier molecular flexibility index (Phi) is 3.39. The van der Waals surface area contributed by atoms with Gasteiger partial charge >= 0.3 is 0 Å². The van der Waals surface area contributed by atoms with Crippen LogP contribution in [0.15, 0.2) is 16.6 Å². The zero-order chi connectivity index (χ0) is 10.9. The largest absolute Gasteiger partial charge is 0.508 e. The van der Waals surface area contributed by atoms with Gasteiger partial charge in [0.05, 0.1) is 10.2 Å². The number of phenols is 1. The van der Waals surface area contributed by atoms with E-state index in [4.69, 9.17) is 10.7 Å². The van der Waals surface area contributed by atoms with Crippen LogP contribution < -0.4 is 0 Å². The lowest BCUT2D eigenvalue weighted by Crippen LogP contribution is -1.99. The first-order valence-corrected chi connectivity index (χ1v) is 6.66. The highest BCUT2D eigenvalue weighted by molar-refractivity contribution is 9.10. The van der Waals surface area contributed by atoms with E-state index in [1.54, 1.807) is 0 Å². The van der Waals surface area contributed by atoms with Gasteiger partial charge in [0.1, 0.15) is 11.6 Å². The quantitative estimate of drug-likeness (QED) is 0.853. The topological polar surface area (TPSA) is 54.4 Å². The molecule has 1 aromatic rings. The fraction of sp³-hybridized carbons (Fsp3) is 0.143. The molecule has 0 fully saturated rings. The van der Waals surface area contributed by atoms with Gasteiger partial charge in [0.15, 0.2) is 0 Å². The van der Waals surface area contributed by atoms with E-state index < -0.39 is 26.4 Å². The van der Waals surface area contributed by atoms with E-state index in [-0.39, 0.29) is 10.0 Å². The van der Waals surface area contributed by atoms with Crippen LogP contribution in [0.5, 0.6) is 5.75 Å².